The predicted molar refractivity (Wildman–Crippen MR) is 142 cm³/mol. The van der Waals surface area contributed by atoms with Gasteiger partial charge in [-0.3, -0.25) is 13.9 Å². The average molecular weight is 543 g/mol. The van der Waals surface area contributed by atoms with Gasteiger partial charge in [-0.1, -0.05) is 47.0 Å². The molecule has 2 aromatic carbocycles. The summed E-state index contributed by atoms with van der Waals surface area (Å²) < 4.78 is 26.1. The van der Waals surface area contributed by atoms with Crippen molar-refractivity contribution in [1.29, 1.82) is 0 Å². The van der Waals surface area contributed by atoms with E-state index in [1.807, 2.05) is 32.9 Å². The molecule has 192 valence electrons. The third-order valence-corrected chi connectivity index (χ3v) is 7.36. The average Bonchev–Trinajstić information content (AvgIpc) is 2.75. The summed E-state index contributed by atoms with van der Waals surface area (Å²) in [5.41, 5.74) is 2.10. The second-order valence-corrected chi connectivity index (χ2v) is 11.6. The minimum absolute atomic E-state index is 0.0409. The minimum Gasteiger partial charge on any atom is -0.352 e. The zero-order valence-corrected chi connectivity index (χ0v) is 23.0. The number of amides is 2. The fourth-order valence-electron chi connectivity index (χ4n) is 3.56. The van der Waals surface area contributed by atoms with Crippen LogP contribution in [0.1, 0.15) is 44.7 Å². The molecule has 0 aliphatic heterocycles. The number of anilines is 1. The van der Waals surface area contributed by atoms with Gasteiger partial charge in [0.25, 0.3) is 0 Å². The second kappa shape index (κ2) is 12.6. The lowest BCUT2D eigenvalue weighted by atomic mass is 10.1. The third-order valence-electron chi connectivity index (χ3n) is 5.46. The quantitative estimate of drug-likeness (QED) is 0.443. The summed E-state index contributed by atoms with van der Waals surface area (Å²) in [7, 11) is -3.54. The van der Waals surface area contributed by atoms with Crippen LogP contribution < -0.4 is 9.62 Å². The van der Waals surface area contributed by atoms with Gasteiger partial charge in [0.1, 0.15) is 6.04 Å². The van der Waals surface area contributed by atoms with E-state index in [4.69, 9.17) is 23.2 Å². The Morgan fingerprint density at radius 2 is 1.57 bits per heavy atom. The highest BCUT2D eigenvalue weighted by molar-refractivity contribution is 7.92. The molecular weight excluding hydrogens is 509 g/mol. The van der Waals surface area contributed by atoms with Crippen LogP contribution in [0.3, 0.4) is 0 Å². The first-order valence-electron chi connectivity index (χ1n) is 11.4. The third kappa shape index (κ3) is 8.40. The van der Waals surface area contributed by atoms with Gasteiger partial charge in [-0.25, -0.2) is 8.42 Å². The zero-order valence-electron chi connectivity index (χ0n) is 20.7. The minimum atomic E-state index is -3.54. The van der Waals surface area contributed by atoms with Crippen LogP contribution in [-0.2, 0) is 26.2 Å². The topological polar surface area (TPSA) is 86.8 Å². The molecule has 0 saturated carbocycles. The summed E-state index contributed by atoms with van der Waals surface area (Å²) in [6, 6.07) is 11.3. The number of sulfonamides is 1. The van der Waals surface area contributed by atoms with Crippen molar-refractivity contribution in [2.75, 3.05) is 17.1 Å². The summed E-state index contributed by atoms with van der Waals surface area (Å²) in [5, 5.41) is 3.62. The van der Waals surface area contributed by atoms with Crippen molar-refractivity contribution in [2.45, 2.75) is 59.2 Å². The van der Waals surface area contributed by atoms with E-state index in [1.54, 1.807) is 37.3 Å². The molecule has 0 bridgehead atoms. The smallest absolute Gasteiger partial charge is 0.242 e. The number of carbonyl (C=O) groups is 2. The molecule has 0 aromatic heterocycles. The van der Waals surface area contributed by atoms with Crippen molar-refractivity contribution in [3.8, 4) is 0 Å². The Labute approximate surface area is 218 Å². The van der Waals surface area contributed by atoms with Gasteiger partial charge in [-0.2, -0.15) is 0 Å². The van der Waals surface area contributed by atoms with Crippen LogP contribution in [0.15, 0.2) is 42.5 Å². The van der Waals surface area contributed by atoms with E-state index in [0.29, 0.717) is 21.3 Å². The lowest BCUT2D eigenvalue weighted by Gasteiger charge is -2.30. The Morgan fingerprint density at radius 1 is 1.00 bits per heavy atom. The predicted octanol–water partition coefficient (Wildman–Crippen LogP) is 4.79. The number of benzene rings is 2. The van der Waals surface area contributed by atoms with Crippen LogP contribution in [0.4, 0.5) is 5.69 Å². The number of aryl methyl sites for hydroxylation is 1. The molecule has 0 aliphatic carbocycles. The first kappa shape index (κ1) is 28.9. The number of hydrogen-bond acceptors (Lipinski definition) is 4. The summed E-state index contributed by atoms with van der Waals surface area (Å²) in [5.74, 6) is -0.598. The van der Waals surface area contributed by atoms with Gasteiger partial charge in [-0.05, 0) is 58.4 Å². The number of halogens is 2. The fraction of sp³-hybridized carbons (Fsp3) is 0.440. The van der Waals surface area contributed by atoms with Crippen LogP contribution in [0.25, 0.3) is 0 Å². The molecule has 1 N–H and O–H groups in total. The number of rotatable bonds is 11. The van der Waals surface area contributed by atoms with Crippen molar-refractivity contribution < 1.29 is 18.0 Å². The maximum Gasteiger partial charge on any atom is 0.242 e. The van der Waals surface area contributed by atoms with E-state index in [2.05, 4.69) is 5.32 Å². The van der Waals surface area contributed by atoms with Crippen LogP contribution in [-0.4, -0.2) is 50.0 Å². The van der Waals surface area contributed by atoms with E-state index >= 15 is 0 Å². The SMILES string of the molecule is Cc1ccc(N(CCCC(=O)N(Cc2c(Cl)cccc2Cl)C(C)C(=O)NC(C)C)S(C)(=O)=O)cc1. The molecule has 0 radical (unpaired) electrons. The lowest BCUT2D eigenvalue weighted by Crippen LogP contribution is -2.49. The molecule has 0 aliphatic rings. The standard InChI is InChI=1S/C25H33Cl2N3O4S/c1-17(2)28-25(32)19(4)29(16-21-22(26)8-6-9-23(21)27)24(31)10-7-15-30(35(5,33)34)20-13-11-18(3)12-14-20/h6,8-9,11-14,17,19H,7,10,15-16H2,1-5H3,(H,28,32). The van der Waals surface area contributed by atoms with Gasteiger partial charge < -0.3 is 10.2 Å². The van der Waals surface area contributed by atoms with Gasteiger partial charge in [0, 0.05) is 41.2 Å². The molecule has 1 unspecified atom stereocenters. The Hall–Kier alpha value is -2.29. The summed E-state index contributed by atoms with van der Waals surface area (Å²) >= 11 is 12.7. The molecule has 2 aromatic rings. The summed E-state index contributed by atoms with van der Waals surface area (Å²) in [6.07, 6.45) is 1.45. The van der Waals surface area contributed by atoms with Crippen LogP contribution >= 0.6 is 23.2 Å². The van der Waals surface area contributed by atoms with Crippen molar-refractivity contribution in [3.05, 3.63) is 63.6 Å². The molecule has 35 heavy (non-hydrogen) atoms. The fourth-order valence-corrected chi connectivity index (χ4v) is 5.04. The molecule has 2 amide bonds. The zero-order chi connectivity index (χ0) is 26.3. The summed E-state index contributed by atoms with van der Waals surface area (Å²) in [4.78, 5) is 27.5. The van der Waals surface area contributed by atoms with Crippen molar-refractivity contribution >= 4 is 50.7 Å². The number of carbonyl (C=O) groups excluding carboxylic acids is 2. The normalized spacial score (nSPS) is 12.3. The second-order valence-electron chi connectivity index (χ2n) is 8.84. The maximum atomic E-state index is 13.3. The van der Waals surface area contributed by atoms with E-state index in [-0.39, 0.29) is 43.8 Å². The highest BCUT2D eigenvalue weighted by Gasteiger charge is 2.28. The molecule has 2 rings (SSSR count). The molecule has 0 heterocycles. The molecule has 1 atom stereocenters. The number of nitrogens with one attached hydrogen (secondary N) is 1. The molecule has 7 nitrogen and oxygen atoms in total. The van der Waals surface area contributed by atoms with Gasteiger partial charge in [-0.15, -0.1) is 0 Å². The van der Waals surface area contributed by atoms with Crippen molar-refractivity contribution in [2.24, 2.45) is 0 Å². The maximum absolute atomic E-state index is 13.3. The summed E-state index contributed by atoms with van der Waals surface area (Å²) in [6.45, 7) is 7.43. The molecule has 0 spiro atoms. The monoisotopic (exact) mass is 541 g/mol. The van der Waals surface area contributed by atoms with E-state index in [9.17, 15) is 18.0 Å². The molecular formula is C25H33Cl2N3O4S. The number of nitrogens with zero attached hydrogens (tertiary/aromatic N) is 2. The van der Waals surface area contributed by atoms with Crippen LogP contribution in [0, 0.1) is 6.92 Å². The largest absolute Gasteiger partial charge is 0.352 e. The highest BCUT2D eigenvalue weighted by Crippen LogP contribution is 2.27. The lowest BCUT2D eigenvalue weighted by molar-refractivity contribution is -0.140. The Kier molecular flexibility index (Phi) is 10.4. The molecule has 0 fully saturated rings. The Morgan fingerprint density at radius 3 is 2.09 bits per heavy atom. The Bertz CT molecular complexity index is 1120. The first-order chi connectivity index (χ1) is 16.3. The number of hydrogen-bond donors (Lipinski definition) is 1. The molecule has 0 saturated heterocycles. The first-order valence-corrected chi connectivity index (χ1v) is 14.0. The Balaban J connectivity index is 2.22. The highest BCUT2D eigenvalue weighted by atomic mass is 35.5. The van der Waals surface area contributed by atoms with E-state index in [1.165, 1.54) is 9.21 Å². The van der Waals surface area contributed by atoms with E-state index < -0.39 is 16.1 Å². The van der Waals surface area contributed by atoms with Crippen LogP contribution in [0.2, 0.25) is 10.0 Å². The van der Waals surface area contributed by atoms with Crippen LogP contribution in [0.5, 0.6) is 0 Å². The van der Waals surface area contributed by atoms with Gasteiger partial charge >= 0.3 is 0 Å². The van der Waals surface area contributed by atoms with Crippen molar-refractivity contribution in [3.63, 3.8) is 0 Å². The van der Waals surface area contributed by atoms with E-state index in [0.717, 1.165) is 11.8 Å². The van der Waals surface area contributed by atoms with Gasteiger partial charge in [0.05, 0.1) is 11.9 Å². The van der Waals surface area contributed by atoms with Gasteiger partial charge in [0.2, 0.25) is 21.8 Å². The van der Waals surface area contributed by atoms with Crippen molar-refractivity contribution in [1.82, 2.24) is 10.2 Å². The molecule has 10 heteroatoms. The van der Waals surface area contributed by atoms with Gasteiger partial charge in [0.15, 0.2) is 0 Å².